The highest BCUT2D eigenvalue weighted by atomic mass is 16.2. The molecule has 2 amide bonds. The van der Waals surface area contributed by atoms with Gasteiger partial charge in [0.05, 0.1) is 6.07 Å². The summed E-state index contributed by atoms with van der Waals surface area (Å²) in [6.07, 6.45) is 4.33. The highest BCUT2D eigenvalue weighted by Crippen LogP contribution is 2.27. The van der Waals surface area contributed by atoms with Gasteiger partial charge in [-0.2, -0.15) is 5.26 Å². The van der Waals surface area contributed by atoms with Crippen LogP contribution >= 0.6 is 0 Å². The maximum Gasteiger partial charge on any atom is 0.251 e. The van der Waals surface area contributed by atoms with Crippen molar-refractivity contribution in [1.82, 2.24) is 10.6 Å². The fourth-order valence-electron chi connectivity index (χ4n) is 2.70. The molecule has 1 atom stereocenters. The summed E-state index contributed by atoms with van der Waals surface area (Å²) in [4.78, 5) is 24.3. The average Bonchev–Trinajstić information content (AvgIpc) is 2.56. The zero-order chi connectivity index (χ0) is 16.0. The Bertz CT molecular complexity index is 571. The third-order valence-corrected chi connectivity index (χ3v) is 4.06. The monoisotopic (exact) mass is 299 g/mol. The Morgan fingerprint density at radius 1 is 1.18 bits per heavy atom. The van der Waals surface area contributed by atoms with Gasteiger partial charge < -0.3 is 10.6 Å². The van der Waals surface area contributed by atoms with Crippen LogP contribution in [-0.2, 0) is 4.79 Å². The predicted octanol–water partition coefficient (Wildman–Crippen LogP) is 2.15. The van der Waals surface area contributed by atoms with Gasteiger partial charge in [0.1, 0.15) is 11.6 Å². The highest BCUT2D eigenvalue weighted by molar-refractivity contribution is 5.97. The van der Waals surface area contributed by atoms with Crippen LogP contribution in [0.25, 0.3) is 0 Å². The molecule has 1 aliphatic carbocycles. The van der Waals surface area contributed by atoms with E-state index in [2.05, 4.69) is 16.7 Å². The van der Waals surface area contributed by atoms with E-state index in [0.29, 0.717) is 18.4 Å². The first-order valence-electron chi connectivity index (χ1n) is 7.65. The molecule has 0 spiro atoms. The number of hydrogen-bond acceptors (Lipinski definition) is 3. The molecule has 0 aliphatic heterocycles. The lowest BCUT2D eigenvalue weighted by Gasteiger charge is -2.32. The third-order valence-electron chi connectivity index (χ3n) is 4.06. The van der Waals surface area contributed by atoms with Crippen molar-refractivity contribution in [2.24, 2.45) is 0 Å². The van der Waals surface area contributed by atoms with E-state index in [1.54, 1.807) is 31.2 Å². The second-order valence-electron chi connectivity index (χ2n) is 5.80. The van der Waals surface area contributed by atoms with Gasteiger partial charge in [0, 0.05) is 5.56 Å². The van der Waals surface area contributed by atoms with Crippen molar-refractivity contribution < 1.29 is 9.59 Å². The normalized spacial score (nSPS) is 17.8. The molecule has 0 saturated heterocycles. The zero-order valence-corrected chi connectivity index (χ0v) is 12.8. The number of nitriles is 1. The summed E-state index contributed by atoms with van der Waals surface area (Å²) >= 11 is 0. The number of nitrogens with zero attached hydrogens (tertiary/aromatic N) is 1. The molecular weight excluding hydrogens is 278 g/mol. The van der Waals surface area contributed by atoms with Crippen molar-refractivity contribution in [3.05, 3.63) is 35.9 Å². The molecule has 5 nitrogen and oxygen atoms in total. The molecule has 5 heteroatoms. The second kappa shape index (κ2) is 7.08. The number of nitrogens with one attached hydrogen (secondary N) is 2. The minimum absolute atomic E-state index is 0.294. The summed E-state index contributed by atoms with van der Waals surface area (Å²) in [7, 11) is 0. The van der Waals surface area contributed by atoms with Gasteiger partial charge in [-0.1, -0.05) is 37.5 Å². The topological polar surface area (TPSA) is 82.0 Å². The molecule has 1 fully saturated rings. The first-order valence-corrected chi connectivity index (χ1v) is 7.65. The largest absolute Gasteiger partial charge is 0.341 e. The highest BCUT2D eigenvalue weighted by Gasteiger charge is 2.34. The first-order chi connectivity index (χ1) is 10.6. The Balaban J connectivity index is 1.94. The Labute approximate surface area is 130 Å². The Hall–Kier alpha value is -2.35. The van der Waals surface area contributed by atoms with E-state index in [4.69, 9.17) is 0 Å². The molecule has 1 aliphatic rings. The number of amides is 2. The van der Waals surface area contributed by atoms with Gasteiger partial charge in [0.2, 0.25) is 5.91 Å². The molecule has 1 saturated carbocycles. The van der Waals surface area contributed by atoms with Crippen LogP contribution in [0.4, 0.5) is 0 Å². The van der Waals surface area contributed by atoms with E-state index in [1.807, 2.05) is 6.07 Å². The first kappa shape index (κ1) is 16.0. The number of carbonyl (C=O) groups excluding carboxylic acids is 2. The van der Waals surface area contributed by atoms with Crippen LogP contribution in [0.5, 0.6) is 0 Å². The minimum atomic E-state index is -0.777. The van der Waals surface area contributed by atoms with Crippen molar-refractivity contribution in [3.8, 4) is 6.07 Å². The minimum Gasteiger partial charge on any atom is -0.341 e. The number of rotatable bonds is 4. The standard InChI is InChI=1S/C17H21N3O2/c1-13(19-16(22)14-8-4-2-5-9-14)15(21)20-17(12-18)10-6-3-7-11-17/h2,4-5,8-9,13H,3,6-7,10-11H2,1H3,(H,19,22)(H,20,21). The molecule has 0 aromatic heterocycles. The van der Waals surface area contributed by atoms with E-state index < -0.39 is 11.6 Å². The second-order valence-corrected chi connectivity index (χ2v) is 5.80. The Morgan fingerprint density at radius 2 is 1.82 bits per heavy atom. The van der Waals surface area contributed by atoms with Crippen LogP contribution < -0.4 is 10.6 Å². The van der Waals surface area contributed by atoms with E-state index >= 15 is 0 Å². The summed E-state index contributed by atoms with van der Waals surface area (Å²) < 4.78 is 0. The maximum atomic E-state index is 12.3. The Morgan fingerprint density at radius 3 is 2.41 bits per heavy atom. The quantitative estimate of drug-likeness (QED) is 0.893. The fourth-order valence-corrected chi connectivity index (χ4v) is 2.70. The Kier molecular flexibility index (Phi) is 5.16. The maximum absolute atomic E-state index is 12.3. The van der Waals surface area contributed by atoms with Gasteiger partial charge in [-0.15, -0.1) is 0 Å². The van der Waals surface area contributed by atoms with Crippen molar-refractivity contribution in [3.63, 3.8) is 0 Å². The third kappa shape index (κ3) is 3.85. The van der Waals surface area contributed by atoms with Crippen LogP contribution in [0.1, 0.15) is 49.4 Å². The molecule has 2 rings (SSSR count). The summed E-state index contributed by atoms with van der Waals surface area (Å²) in [6.45, 7) is 1.63. The van der Waals surface area contributed by atoms with Crippen molar-refractivity contribution in [2.45, 2.75) is 50.6 Å². The molecule has 0 radical (unpaired) electrons. The lowest BCUT2D eigenvalue weighted by Crippen LogP contribution is -2.54. The molecule has 1 unspecified atom stereocenters. The summed E-state index contributed by atoms with van der Waals surface area (Å²) in [5.41, 5.74) is -0.268. The van der Waals surface area contributed by atoms with Crippen LogP contribution in [-0.4, -0.2) is 23.4 Å². The van der Waals surface area contributed by atoms with Crippen LogP contribution in [0.3, 0.4) is 0 Å². The van der Waals surface area contributed by atoms with E-state index in [0.717, 1.165) is 19.3 Å². The van der Waals surface area contributed by atoms with Gasteiger partial charge in [0.25, 0.3) is 5.91 Å². The van der Waals surface area contributed by atoms with Crippen molar-refractivity contribution >= 4 is 11.8 Å². The smallest absolute Gasteiger partial charge is 0.251 e. The number of benzene rings is 1. The summed E-state index contributed by atoms with van der Waals surface area (Å²) in [6, 6.07) is 10.3. The number of hydrogen-bond donors (Lipinski definition) is 2. The zero-order valence-electron chi connectivity index (χ0n) is 12.8. The molecule has 1 aromatic rings. The van der Waals surface area contributed by atoms with Crippen LogP contribution in [0, 0.1) is 11.3 Å². The van der Waals surface area contributed by atoms with Crippen molar-refractivity contribution in [2.75, 3.05) is 0 Å². The SMILES string of the molecule is CC(NC(=O)c1ccccc1)C(=O)NC1(C#N)CCCCC1. The predicted molar refractivity (Wildman–Crippen MR) is 82.9 cm³/mol. The van der Waals surface area contributed by atoms with E-state index in [1.165, 1.54) is 0 Å². The molecule has 22 heavy (non-hydrogen) atoms. The van der Waals surface area contributed by atoms with Gasteiger partial charge in [-0.05, 0) is 31.9 Å². The van der Waals surface area contributed by atoms with Crippen molar-refractivity contribution in [1.29, 1.82) is 5.26 Å². The van der Waals surface area contributed by atoms with E-state index in [-0.39, 0.29) is 11.8 Å². The van der Waals surface area contributed by atoms with Gasteiger partial charge in [0.15, 0.2) is 0 Å². The molecular formula is C17H21N3O2. The summed E-state index contributed by atoms with van der Waals surface area (Å²) in [5.74, 6) is -0.606. The lowest BCUT2D eigenvalue weighted by atomic mass is 9.82. The van der Waals surface area contributed by atoms with E-state index in [9.17, 15) is 14.9 Å². The van der Waals surface area contributed by atoms with Gasteiger partial charge >= 0.3 is 0 Å². The lowest BCUT2D eigenvalue weighted by molar-refractivity contribution is -0.124. The molecule has 0 bridgehead atoms. The molecule has 1 aromatic carbocycles. The van der Waals surface area contributed by atoms with Gasteiger partial charge in [-0.3, -0.25) is 9.59 Å². The molecule has 2 N–H and O–H groups in total. The van der Waals surface area contributed by atoms with Crippen LogP contribution in [0.15, 0.2) is 30.3 Å². The summed E-state index contributed by atoms with van der Waals surface area (Å²) in [5, 5.41) is 14.9. The van der Waals surface area contributed by atoms with Crippen LogP contribution in [0.2, 0.25) is 0 Å². The molecule has 116 valence electrons. The fraction of sp³-hybridized carbons (Fsp3) is 0.471. The molecule has 0 heterocycles. The number of carbonyl (C=O) groups is 2. The van der Waals surface area contributed by atoms with Gasteiger partial charge in [-0.25, -0.2) is 0 Å². The average molecular weight is 299 g/mol.